The predicted molar refractivity (Wildman–Crippen MR) is 221 cm³/mol. The number of nitrogens with zero attached hydrogens (tertiary/aromatic N) is 7. The van der Waals surface area contributed by atoms with Gasteiger partial charge in [-0.2, -0.15) is 5.10 Å². The average molecular weight is 814 g/mol. The fraction of sp³-hybridized carbons (Fsp3) is 0.489. The van der Waals surface area contributed by atoms with Crippen LogP contribution in [0, 0.1) is 5.92 Å². The molecule has 4 aliphatic heterocycles. The van der Waals surface area contributed by atoms with E-state index in [0.717, 1.165) is 96.4 Å². The summed E-state index contributed by atoms with van der Waals surface area (Å²) in [6.45, 7) is 4.27. The molecule has 2 aromatic carbocycles. The summed E-state index contributed by atoms with van der Waals surface area (Å²) in [5.74, 6) is 0.386. The molecular weight excluding hydrogens is 763 g/mol. The maximum atomic E-state index is 13.5. The molecule has 15 heteroatoms. The topological polar surface area (TPSA) is 164 Å². The van der Waals surface area contributed by atoms with Gasteiger partial charge in [0.05, 0.1) is 42.6 Å². The molecule has 0 bridgehead atoms. The highest BCUT2D eigenvalue weighted by Crippen LogP contribution is 2.46. The summed E-state index contributed by atoms with van der Waals surface area (Å²) >= 11 is 0. The number of piperidine rings is 2. The van der Waals surface area contributed by atoms with Crippen molar-refractivity contribution in [1.29, 1.82) is 0 Å². The molecule has 60 heavy (non-hydrogen) atoms. The zero-order valence-electron chi connectivity index (χ0n) is 34.0. The Morgan fingerprint density at radius 2 is 1.75 bits per heavy atom. The van der Waals surface area contributed by atoms with Gasteiger partial charge in [0.25, 0.3) is 5.91 Å². The number of carbonyl (C=O) groups is 5. The van der Waals surface area contributed by atoms with E-state index in [1.807, 2.05) is 39.0 Å². The molecule has 0 radical (unpaired) electrons. The highest BCUT2D eigenvalue weighted by atomic mass is 16.5. The van der Waals surface area contributed by atoms with Crippen molar-refractivity contribution < 1.29 is 28.7 Å². The second-order valence-corrected chi connectivity index (χ2v) is 17.4. The van der Waals surface area contributed by atoms with Crippen molar-refractivity contribution in [1.82, 2.24) is 34.4 Å². The number of hydrogen-bond donors (Lipinski definition) is 2. The quantitative estimate of drug-likeness (QED) is 0.199. The fourth-order valence-corrected chi connectivity index (χ4v) is 9.52. The lowest BCUT2D eigenvalue weighted by atomic mass is 9.91. The Bertz CT molecular complexity index is 2370. The van der Waals surface area contributed by atoms with Crippen molar-refractivity contribution in [3.63, 3.8) is 0 Å². The summed E-state index contributed by atoms with van der Waals surface area (Å²) in [5.41, 5.74) is 7.06. The standard InChI is InChI=1S/C45H51N9O6/c1-27-8-11-35-38(54(27)44(58)28-9-10-28)13-12-33(42(35)60-32-4-2-5-32)29-20-48-53(22-29)31-16-18-51(19-17-31)41(56)25-50-23-30(47-26-50)21-46-37-7-3-6-34-36(37)24-52(45(34)59)39-14-15-40(55)49-43(39)57/h3,6-7,12-13,20,22-23,26-28,31-32,39,46H,2,4-5,8-11,14-19,21,24-25H2,1H3,(H,49,55,57)/t27-,39?/m0/s1. The van der Waals surface area contributed by atoms with Crippen LogP contribution in [0.2, 0.25) is 0 Å². The van der Waals surface area contributed by atoms with Crippen molar-refractivity contribution >= 4 is 40.9 Å². The third-order valence-corrected chi connectivity index (χ3v) is 13.4. The molecule has 4 aromatic rings. The Kier molecular flexibility index (Phi) is 9.91. The monoisotopic (exact) mass is 813 g/mol. The number of ether oxygens (including phenoxy) is 1. The summed E-state index contributed by atoms with van der Waals surface area (Å²) in [7, 11) is 0. The number of imidazole rings is 1. The van der Waals surface area contributed by atoms with E-state index in [4.69, 9.17) is 9.84 Å². The van der Waals surface area contributed by atoms with Gasteiger partial charge in [0.15, 0.2) is 0 Å². The molecule has 0 spiro atoms. The Balaban J connectivity index is 0.750. The van der Waals surface area contributed by atoms with E-state index in [2.05, 4.69) is 40.9 Å². The fourth-order valence-electron chi connectivity index (χ4n) is 9.52. The van der Waals surface area contributed by atoms with Crippen LogP contribution in [0.1, 0.15) is 104 Å². The van der Waals surface area contributed by atoms with Gasteiger partial charge in [-0.15, -0.1) is 0 Å². The lowest BCUT2D eigenvalue weighted by molar-refractivity contribution is -0.137. The first-order chi connectivity index (χ1) is 29.2. The van der Waals surface area contributed by atoms with Crippen molar-refractivity contribution in [2.45, 2.75) is 121 Å². The number of carbonyl (C=O) groups excluding carboxylic acids is 5. The van der Waals surface area contributed by atoms with Crippen LogP contribution in [-0.2, 0) is 45.2 Å². The molecule has 2 aromatic heterocycles. The van der Waals surface area contributed by atoms with Crippen LogP contribution in [0.5, 0.6) is 5.75 Å². The number of amides is 5. The predicted octanol–water partition coefficient (Wildman–Crippen LogP) is 4.99. The second kappa shape index (κ2) is 15.6. The number of benzene rings is 2. The first kappa shape index (κ1) is 38.2. The molecule has 6 heterocycles. The maximum absolute atomic E-state index is 13.5. The van der Waals surface area contributed by atoms with Crippen LogP contribution >= 0.6 is 0 Å². The maximum Gasteiger partial charge on any atom is 0.255 e. The summed E-state index contributed by atoms with van der Waals surface area (Å²) < 4.78 is 10.6. The number of fused-ring (bicyclic) bond motifs is 2. The normalized spacial score (nSPS) is 22.0. The lowest BCUT2D eigenvalue weighted by Crippen LogP contribution is -2.52. The van der Waals surface area contributed by atoms with Crippen LogP contribution < -0.4 is 20.3 Å². The molecule has 2 atom stereocenters. The Morgan fingerprint density at radius 1 is 0.917 bits per heavy atom. The van der Waals surface area contributed by atoms with E-state index in [-0.39, 0.29) is 67.2 Å². The first-order valence-electron chi connectivity index (χ1n) is 21.7. The van der Waals surface area contributed by atoms with E-state index in [1.165, 1.54) is 6.42 Å². The van der Waals surface area contributed by atoms with Crippen molar-refractivity contribution in [3.8, 4) is 16.9 Å². The molecule has 2 aliphatic carbocycles. The molecule has 2 saturated heterocycles. The minimum atomic E-state index is -0.675. The number of rotatable bonds is 11. The first-order valence-corrected chi connectivity index (χ1v) is 21.7. The van der Waals surface area contributed by atoms with Crippen LogP contribution in [0.25, 0.3) is 11.1 Å². The molecule has 1 unspecified atom stereocenters. The third-order valence-electron chi connectivity index (χ3n) is 13.4. The van der Waals surface area contributed by atoms with Gasteiger partial charge in [-0.25, -0.2) is 4.98 Å². The van der Waals surface area contributed by atoms with Crippen molar-refractivity contribution in [3.05, 3.63) is 77.6 Å². The second-order valence-electron chi connectivity index (χ2n) is 17.4. The zero-order chi connectivity index (χ0) is 41.1. The van der Waals surface area contributed by atoms with Gasteiger partial charge in [-0.05, 0) is 95.4 Å². The Labute approximate surface area is 348 Å². The number of hydrogen-bond acceptors (Lipinski definition) is 9. The molecule has 4 fully saturated rings. The van der Waals surface area contributed by atoms with Gasteiger partial charge < -0.3 is 29.3 Å². The Hall–Kier alpha value is -5.99. The largest absolute Gasteiger partial charge is 0.489 e. The summed E-state index contributed by atoms with van der Waals surface area (Å²) in [6.07, 6.45) is 16.9. The van der Waals surface area contributed by atoms with Crippen LogP contribution in [0.3, 0.4) is 0 Å². The third kappa shape index (κ3) is 7.21. The van der Waals surface area contributed by atoms with Crippen molar-refractivity contribution in [2.75, 3.05) is 23.3 Å². The van der Waals surface area contributed by atoms with Gasteiger partial charge >= 0.3 is 0 Å². The van der Waals surface area contributed by atoms with E-state index < -0.39 is 11.9 Å². The molecule has 10 rings (SSSR count). The molecule has 15 nitrogen and oxygen atoms in total. The number of nitrogens with one attached hydrogen (secondary N) is 2. The van der Waals surface area contributed by atoms with Crippen LogP contribution in [-0.4, -0.2) is 89.9 Å². The van der Waals surface area contributed by atoms with E-state index >= 15 is 0 Å². The van der Waals surface area contributed by atoms with Gasteiger partial charge in [0.1, 0.15) is 18.3 Å². The number of likely N-dealkylation sites (tertiary alicyclic amines) is 1. The molecule has 2 N–H and O–H groups in total. The number of imide groups is 1. The summed E-state index contributed by atoms with van der Waals surface area (Å²) in [6, 6.07) is 9.37. The van der Waals surface area contributed by atoms with E-state index in [0.29, 0.717) is 31.6 Å². The summed E-state index contributed by atoms with van der Waals surface area (Å²) in [5, 5.41) is 10.6. The average Bonchev–Trinajstić information content (AvgIpc) is 3.63. The van der Waals surface area contributed by atoms with Crippen LogP contribution in [0.4, 0.5) is 11.4 Å². The highest BCUT2D eigenvalue weighted by Gasteiger charge is 2.41. The SMILES string of the molecule is C[C@H]1CCc2c(ccc(-c3cnn(C4CCN(C(=O)Cn5cnc(CNc6cccc7c6CN(C6CCC(=O)NC6=O)C7=O)c5)CC4)c3)c2OC2CCC2)N1C(=O)C1CC1. The number of anilines is 2. The highest BCUT2D eigenvalue weighted by molar-refractivity contribution is 6.06. The van der Waals surface area contributed by atoms with Gasteiger partial charge in [-0.3, -0.25) is 34.0 Å². The van der Waals surface area contributed by atoms with E-state index in [1.54, 1.807) is 21.9 Å². The van der Waals surface area contributed by atoms with Crippen LogP contribution in [0.15, 0.2) is 55.2 Å². The van der Waals surface area contributed by atoms with E-state index in [9.17, 15) is 24.0 Å². The molecule has 312 valence electrons. The van der Waals surface area contributed by atoms with Gasteiger partial charge in [-0.1, -0.05) is 6.07 Å². The minimum absolute atomic E-state index is 0.0369. The molecule has 5 amide bonds. The molecular formula is C45H51N9O6. The lowest BCUT2D eigenvalue weighted by Gasteiger charge is -2.38. The van der Waals surface area contributed by atoms with Crippen molar-refractivity contribution in [2.24, 2.45) is 5.92 Å². The molecule has 6 aliphatic rings. The summed E-state index contributed by atoms with van der Waals surface area (Å²) in [4.78, 5) is 74.3. The minimum Gasteiger partial charge on any atom is -0.489 e. The smallest absolute Gasteiger partial charge is 0.255 e. The molecule has 2 saturated carbocycles. The van der Waals surface area contributed by atoms with Gasteiger partial charge in [0.2, 0.25) is 23.6 Å². The zero-order valence-corrected chi connectivity index (χ0v) is 34.0. The Morgan fingerprint density at radius 3 is 2.52 bits per heavy atom. The van der Waals surface area contributed by atoms with Gasteiger partial charge in [0, 0.05) is 83.9 Å². The number of aromatic nitrogens is 4.